The van der Waals surface area contributed by atoms with Gasteiger partial charge in [0, 0.05) is 16.5 Å². The van der Waals surface area contributed by atoms with Crippen LogP contribution in [0.3, 0.4) is 0 Å². The maximum absolute atomic E-state index is 10.3. The molecule has 0 bridgehead atoms. The van der Waals surface area contributed by atoms with Crippen LogP contribution in [0.1, 0.15) is 0 Å². The van der Waals surface area contributed by atoms with Gasteiger partial charge < -0.3 is 5.11 Å². The maximum atomic E-state index is 10.3. The summed E-state index contributed by atoms with van der Waals surface area (Å²) in [6, 6.07) is 8.33. The van der Waals surface area contributed by atoms with Crippen molar-refractivity contribution in [3.8, 4) is 5.75 Å². The summed E-state index contributed by atoms with van der Waals surface area (Å²) in [5.74, 6) is 0.0718. The molecular weight excluding hydrogens is 209 g/mol. The zero-order valence-corrected chi connectivity index (χ0v) is 9.34. The summed E-state index contributed by atoms with van der Waals surface area (Å²) in [6.45, 7) is 0. The molecule has 4 heteroatoms. The predicted octanol–water partition coefficient (Wildman–Crippen LogP) is 0.874. The first kappa shape index (κ1) is 16.8. The summed E-state index contributed by atoms with van der Waals surface area (Å²) >= 11 is 0. The van der Waals surface area contributed by atoms with Crippen LogP contribution in [0.15, 0.2) is 30.3 Å². The quantitative estimate of drug-likeness (QED) is 0.469. The van der Waals surface area contributed by atoms with Crippen LogP contribution in [0.2, 0.25) is 0 Å². The van der Waals surface area contributed by atoms with E-state index in [2.05, 4.69) is 0 Å². The van der Waals surface area contributed by atoms with E-state index in [9.17, 15) is 5.11 Å². The second kappa shape index (κ2) is 9.37. The van der Waals surface area contributed by atoms with E-state index in [1.165, 1.54) is 12.1 Å². The van der Waals surface area contributed by atoms with E-state index in [1.807, 2.05) is 6.07 Å². The van der Waals surface area contributed by atoms with Crippen LogP contribution in [0, 0.1) is 0 Å². The SMILES string of the molecule is P.P.[Ni].[O-]c1ccccc1. The van der Waals surface area contributed by atoms with E-state index in [4.69, 9.17) is 0 Å². The average molecular weight is 220 g/mol. The Morgan fingerprint density at radius 3 is 1.50 bits per heavy atom. The second-order valence-electron chi connectivity index (χ2n) is 1.31. The fourth-order valence-electron chi connectivity index (χ4n) is 0.420. The van der Waals surface area contributed by atoms with E-state index in [0.29, 0.717) is 0 Å². The molecule has 0 fully saturated rings. The third-order valence-electron chi connectivity index (χ3n) is 0.743. The monoisotopic (exact) mass is 219 g/mol. The number of para-hydroxylation sites is 1. The van der Waals surface area contributed by atoms with Crippen molar-refractivity contribution in [3.63, 3.8) is 0 Å². The van der Waals surface area contributed by atoms with Crippen molar-refractivity contribution in [1.82, 2.24) is 0 Å². The zero-order chi connectivity index (χ0) is 5.11. The van der Waals surface area contributed by atoms with Gasteiger partial charge >= 0.3 is 0 Å². The van der Waals surface area contributed by atoms with E-state index < -0.39 is 0 Å². The minimum absolute atomic E-state index is 0. The Labute approximate surface area is 77.8 Å². The Kier molecular flexibility index (Phi) is 15.7. The molecule has 0 N–H and O–H groups in total. The van der Waals surface area contributed by atoms with Crippen molar-refractivity contribution >= 4 is 19.8 Å². The van der Waals surface area contributed by atoms with Gasteiger partial charge in [0.05, 0.1) is 0 Å². The fraction of sp³-hybridized carbons (Fsp3) is 0. The van der Waals surface area contributed by atoms with Gasteiger partial charge in [0.15, 0.2) is 0 Å². The van der Waals surface area contributed by atoms with Gasteiger partial charge in [0.25, 0.3) is 0 Å². The number of hydrogen-bond acceptors (Lipinski definition) is 1. The summed E-state index contributed by atoms with van der Waals surface area (Å²) in [4.78, 5) is 0. The first-order valence-electron chi connectivity index (χ1n) is 2.11. The molecule has 0 aliphatic carbocycles. The van der Waals surface area contributed by atoms with Gasteiger partial charge in [0.1, 0.15) is 0 Å². The van der Waals surface area contributed by atoms with E-state index in [-0.39, 0.29) is 42.0 Å². The first-order valence-corrected chi connectivity index (χ1v) is 2.11. The minimum atomic E-state index is 0. The Morgan fingerprint density at radius 1 is 0.900 bits per heavy atom. The Morgan fingerprint density at radius 2 is 1.30 bits per heavy atom. The van der Waals surface area contributed by atoms with Crippen LogP contribution >= 0.6 is 19.8 Å². The molecule has 1 aromatic rings. The molecule has 1 rings (SSSR count). The van der Waals surface area contributed by atoms with E-state index in [0.717, 1.165) is 0 Å². The van der Waals surface area contributed by atoms with Gasteiger partial charge in [-0.05, 0) is 0 Å². The van der Waals surface area contributed by atoms with Gasteiger partial charge in [-0.1, -0.05) is 30.3 Å². The summed E-state index contributed by atoms with van der Waals surface area (Å²) in [5.41, 5.74) is 0. The van der Waals surface area contributed by atoms with Crippen molar-refractivity contribution in [1.29, 1.82) is 0 Å². The third-order valence-corrected chi connectivity index (χ3v) is 0.743. The van der Waals surface area contributed by atoms with Crippen molar-refractivity contribution in [2.45, 2.75) is 0 Å². The van der Waals surface area contributed by atoms with Gasteiger partial charge in [0.2, 0.25) is 0 Å². The summed E-state index contributed by atoms with van der Waals surface area (Å²) in [5, 5.41) is 10.3. The van der Waals surface area contributed by atoms with E-state index >= 15 is 0 Å². The molecule has 0 aromatic heterocycles. The van der Waals surface area contributed by atoms with Crippen LogP contribution in [-0.2, 0) is 16.5 Å². The normalized spacial score (nSPS) is 6.00. The van der Waals surface area contributed by atoms with Crippen LogP contribution in [0.4, 0.5) is 0 Å². The van der Waals surface area contributed by atoms with E-state index in [1.54, 1.807) is 12.1 Å². The molecule has 2 unspecified atom stereocenters. The van der Waals surface area contributed by atoms with Crippen LogP contribution < -0.4 is 5.11 Å². The molecule has 10 heavy (non-hydrogen) atoms. The van der Waals surface area contributed by atoms with Crippen molar-refractivity contribution in [3.05, 3.63) is 30.3 Å². The summed E-state index contributed by atoms with van der Waals surface area (Å²) < 4.78 is 0. The van der Waals surface area contributed by atoms with Gasteiger partial charge in [-0.15, -0.1) is 5.75 Å². The number of rotatable bonds is 0. The number of benzene rings is 1. The molecule has 62 valence electrons. The molecule has 0 saturated carbocycles. The van der Waals surface area contributed by atoms with Crippen LogP contribution in [0.25, 0.3) is 0 Å². The van der Waals surface area contributed by atoms with Crippen LogP contribution in [-0.4, -0.2) is 0 Å². The van der Waals surface area contributed by atoms with Crippen molar-refractivity contribution in [2.75, 3.05) is 0 Å². The molecular formula is C6H11NiOP2-. The molecule has 0 radical (unpaired) electrons. The molecule has 1 nitrogen and oxygen atoms in total. The Hall–Kier alpha value is 0.374. The van der Waals surface area contributed by atoms with Crippen LogP contribution in [0.5, 0.6) is 5.75 Å². The zero-order valence-electron chi connectivity index (χ0n) is 5.53. The Bertz CT molecular complexity index is 146. The number of hydrogen-bond donors (Lipinski definition) is 0. The largest absolute Gasteiger partial charge is 0.872 e. The first-order chi connectivity index (χ1) is 3.39. The summed E-state index contributed by atoms with van der Waals surface area (Å²) in [6.07, 6.45) is 0. The molecule has 0 aliphatic heterocycles. The predicted molar refractivity (Wildman–Crippen MR) is 48.1 cm³/mol. The van der Waals surface area contributed by atoms with Gasteiger partial charge in [-0.25, -0.2) is 0 Å². The fourth-order valence-corrected chi connectivity index (χ4v) is 0.420. The topological polar surface area (TPSA) is 23.1 Å². The van der Waals surface area contributed by atoms with Crippen molar-refractivity contribution < 1.29 is 21.6 Å². The van der Waals surface area contributed by atoms with Gasteiger partial charge in [-0.2, -0.15) is 19.8 Å². The maximum Gasteiger partial charge on any atom is 0 e. The smallest absolute Gasteiger partial charge is 0 e. The standard InChI is InChI=1S/C6H6O.Ni.2H3P/c7-6-4-2-1-3-5-6;;;/h1-5,7H;;2*1H3/p-1. The second-order valence-corrected chi connectivity index (χ2v) is 1.31. The molecule has 0 spiro atoms. The third kappa shape index (κ3) is 6.49. The van der Waals surface area contributed by atoms with Gasteiger partial charge in [-0.3, -0.25) is 0 Å². The van der Waals surface area contributed by atoms with Crippen molar-refractivity contribution in [2.24, 2.45) is 0 Å². The Balaban J connectivity index is -0.000000163. The molecule has 0 amide bonds. The summed E-state index contributed by atoms with van der Waals surface area (Å²) in [7, 11) is 0. The molecule has 0 heterocycles. The minimum Gasteiger partial charge on any atom is -0.872 e. The molecule has 2 atom stereocenters. The molecule has 1 aromatic carbocycles. The molecule has 0 aliphatic rings. The average Bonchev–Trinajstić information content (AvgIpc) is 1.69. The molecule has 0 saturated heterocycles.